The van der Waals surface area contributed by atoms with Gasteiger partial charge in [0.05, 0.1) is 6.42 Å². The summed E-state index contributed by atoms with van der Waals surface area (Å²) in [4.78, 5) is 13.8. The Kier molecular flexibility index (Phi) is 4.65. The van der Waals surface area contributed by atoms with E-state index in [9.17, 15) is 4.79 Å². The van der Waals surface area contributed by atoms with Gasteiger partial charge in [-0.05, 0) is 12.5 Å². The van der Waals surface area contributed by atoms with Crippen molar-refractivity contribution >= 4 is 11.7 Å². The Bertz CT molecular complexity index is 239. The summed E-state index contributed by atoms with van der Waals surface area (Å²) in [5, 5.41) is 0. The zero-order chi connectivity index (χ0) is 9.56. The second kappa shape index (κ2) is 5.27. The second-order valence-electron chi connectivity index (χ2n) is 2.43. The third kappa shape index (κ3) is 3.68. The SMILES string of the molecule is C=C(C)COC(=O)C(CC)=[N+]=[N-]. The second-order valence-corrected chi connectivity index (χ2v) is 2.43. The Morgan fingerprint density at radius 3 is 2.58 bits per heavy atom. The molecule has 0 saturated heterocycles. The third-order valence-corrected chi connectivity index (χ3v) is 1.14. The minimum atomic E-state index is -0.594. The van der Waals surface area contributed by atoms with Crippen molar-refractivity contribution in [1.82, 2.24) is 0 Å². The van der Waals surface area contributed by atoms with Crippen LogP contribution >= 0.6 is 0 Å². The molecule has 0 fully saturated rings. The number of esters is 1. The van der Waals surface area contributed by atoms with Gasteiger partial charge in [-0.25, -0.2) is 4.79 Å². The first-order chi connectivity index (χ1) is 5.61. The van der Waals surface area contributed by atoms with Crippen LogP contribution in [0.1, 0.15) is 20.3 Å². The van der Waals surface area contributed by atoms with E-state index in [0.717, 1.165) is 5.57 Å². The molecule has 0 aliphatic rings. The topological polar surface area (TPSA) is 62.7 Å². The lowest BCUT2D eigenvalue weighted by Gasteiger charge is -1.98. The molecular weight excluding hydrogens is 156 g/mol. The molecule has 0 bridgehead atoms. The molecule has 0 heterocycles. The summed E-state index contributed by atoms with van der Waals surface area (Å²) in [5.41, 5.74) is 9.10. The first-order valence-electron chi connectivity index (χ1n) is 3.64. The average Bonchev–Trinajstić information content (AvgIpc) is 2.03. The van der Waals surface area contributed by atoms with Crippen molar-refractivity contribution in [3.63, 3.8) is 0 Å². The summed E-state index contributed by atoms with van der Waals surface area (Å²) in [6.07, 6.45) is 0.353. The van der Waals surface area contributed by atoms with Crippen molar-refractivity contribution < 1.29 is 14.3 Å². The molecule has 0 aliphatic carbocycles. The molecule has 66 valence electrons. The molecule has 0 aromatic carbocycles. The maximum absolute atomic E-state index is 11.0. The Labute approximate surface area is 71.5 Å². The molecule has 0 unspecified atom stereocenters. The van der Waals surface area contributed by atoms with E-state index in [2.05, 4.69) is 11.4 Å². The molecule has 0 saturated carbocycles. The van der Waals surface area contributed by atoms with E-state index in [4.69, 9.17) is 10.3 Å². The number of hydrogen-bond acceptors (Lipinski definition) is 2. The van der Waals surface area contributed by atoms with E-state index in [1.807, 2.05) is 0 Å². The van der Waals surface area contributed by atoms with Crippen molar-refractivity contribution in [3.8, 4) is 0 Å². The summed E-state index contributed by atoms with van der Waals surface area (Å²) in [6.45, 7) is 7.17. The molecule has 4 nitrogen and oxygen atoms in total. The van der Waals surface area contributed by atoms with Crippen LogP contribution in [0.25, 0.3) is 5.53 Å². The minimum Gasteiger partial charge on any atom is -0.453 e. The van der Waals surface area contributed by atoms with Crippen LogP contribution in [0.2, 0.25) is 0 Å². The fourth-order valence-corrected chi connectivity index (χ4v) is 0.528. The minimum absolute atomic E-state index is 0.0243. The van der Waals surface area contributed by atoms with Crippen molar-refractivity contribution in [2.45, 2.75) is 20.3 Å². The van der Waals surface area contributed by atoms with Crippen LogP contribution in [-0.2, 0) is 9.53 Å². The number of carbonyl (C=O) groups is 1. The first-order valence-corrected chi connectivity index (χ1v) is 3.64. The highest BCUT2D eigenvalue weighted by Crippen LogP contribution is 1.91. The Balaban J connectivity index is 4.04. The highest BCUT2D eigenvalue weighted by Gasteiger charge is 2.18. The molecular formula is C8H12N2O2. The highest BCUT2D eigenvalue weighted by atomic mass is 16.5. The van der Waals surface area contributed by atoms with E-state index in [-0.39, 0.29) is 12.3 Å². The van der Waals surface area contributed by atoms with Gasteiger partial charge in [-0.2, -0.15) is 4.79 Å². The highest BCUT2D eigenvalue weighted by molar-refractivity contribution is 6.33. The first kappa shape index (κ1) is 10.6. The maximum atomic E-state index is 11.0. The van der Waals surface area contributed by atoms with E-state index in [0.29, 0.717) is 6.42 Å². The van der Waals surface area contributed by atoms with E-state index >= 15 is 0 Å². The average molecular weight is 168 g/mol. The Hall–Kier alpha value is -1.41. The molecule has 0 radical (unpaired) electrons. The van der Waals surface area contributed by atoms with Gasteiger partial charge in [-0.15, -0.1) is 0 Å². The number of ether oxygens (including phenoxy) is 1. The fourth-order valence-electron chi connectivity index (χ4n) is 0.528. The van der Waals surface area contributed by atoms with Gasteiger partial charge in [0.2, 0.25) is 0 Å². The lowest BCUT2D eigenvalue weighted by Crippen LogP contribution is -2.18. The van der Waals surface area contributed by atoms with Gasteiger partial charge < -0.3 is 10.3 Å². The van der Waals surface area contributed by atoms with E-state index in [1.54, 1.807) is 13.8 Å². The standard InChI is InChI=1S/C8H12N2O2/c1-4-7(10-9)8(11)12-5-6(2)3/h2,4-5H2,1,3H3. The van der Waals surface area contributed by atoms with Gasteiger partial charge in [0.15, 0.2) is 0 Å². The van der Waals surface area contributed by atoms with Crippen LogP contribution in [0.3, 0.4) is 0 Å². The van der Waals surface area contributed by atoms with Gasteiger partial charge in [0, 0.05) is 0 Å². The molecule has 0 amide bonds. The molecule has 0 spiro atoms. The number of hydrogen-bond donors (Lipinski definition) is 0. The van der Waals surface area contributed by atoms with Gasteiger partial charge in [-0.3, -0.25) is 0 Å². The molecule has 0 aromatic heterocycles. The summed E-state index contributed by atoms with van der Waals surface area (Å²) in [7, 11) is 0. The quantitative estimate of drug-likeness (QED) is 0.208. The lowest BCUT2D eigenvalue weighted by atomic mass is 10.3. The van der Waals surface area contributed by atoms with Gasteiger partial charge in [0.1, 0.15) is 6.61 Å². The van der Waals surface area contributed by atoms with Crippen molar-refractivity contribution in [1.29, 1.82) is 0 Å². The van der Waals surface area contributed by atoms with Crippen LogP contribution in [0, 0.1) is 0 Å². The van der Waals surface area contributed by atoms with Crippen molar-refractivity contribution in [3.05, 3.63) is 17.7 Å². The Morgan fingerprint density at radius 1 is 1.67 bits per heavy atom. The number of rotatable bonds is 4. The van der Waals surface area contributed by atoms with Crippen LogP contribution in [-0.4, -0.2) is 23.1 Å². The zero-order valence-corrected chi connectivity index (χ0v) is 7.33. The normalized spacial score (nSPS) is 8.50. The number of nitrogens with zero attached hydrogens (tertiary/aromatic N) is 2. The van der Waals surface area contributed by atoms with Crippen LogP contribution < -0.4 is 0 Å². The van der Waals surface area contributed by atoms with E-state index < -0.39 is 5.97 Å². The van der Waals surface area contributed by atoms with Gasteiger partial charge in [-0.1, -0.05) is 13.5 Å². The molecule has 0 aromatic rings. The summed E-state index contributed by atoms with van der Waals surface area (Å²) < 4.78 is 4.72. The number of carbonyl (C=O) groups excluding carboxylic acids is 1. The Morgan fingerprint density at radius 2 is 2.25 bits per heavy atom. The predicted octanol–water partition coefficient (Wildman–Crippen LogP) is 1.19. The summed E-state index contributed by atoms with van der Waals surface area (Å²) in [6, 6.07) is 0. The van der Waals surface area contributed by atoms with E-state index in [1.165, 1.54) is 0 Å². The van der Waals surface area contributed by atoms with Crippen molar-refractivity contribution in [2.75, 3.05) is 6.61 Å². The summed E-state index contributed by atoms with van der Waals surface area (Å²) >= 11 is 0. The monoisotopic (exact) mass is 168 g/mol. The molecule has 12 heavy (non-hydrogen) atoms. The molecule has 4 heteroatoms. The van der Waals surface area contributed by atoms with Crippen LogP contribution in [0.5, 0.6) is 0 Å². The molecule has 0 rings (SSSR count). The van der Waals surface area contributed by atoms with Crippen LogP contribution in [0.15, 0.2) is 12.2 Å². The van der Waals surface area contributed by atoms with Crippen LogP contribution in [0.4, 0.5) is 0 Å². The molecule has 0 aliphatic heterocycles. The summed E-state index contributed by atoms with van der Waals surface area (Å²) in [5.74, 6) is -0.594. The molecule has 0 N–H and O–H groups in total. The third-order valence-electron chi connectivity index (χ3n) is 1.14. The van der Waals surface area contributed by atoms with Gasteiger partial charge >= 0.3 is 11.7 Å². The smallest absolute Gasteiger partial charge is 0.417 e. The fraction of sp³-hybridized carbons (Fsp3) is 0.500. The van der Waals surface area contributed by atoms with Gasteiger partial charge in [0.25, 0.3) is 0 Å². The van der Waals surface area contributed by atoms with Crippen molar-refractivity contribution in [2.24, 2.45) is 0 Å². The zero-order valence-electron chi connectivity index (χ0n) is 7.33. The molecule has 0 atom stereocenters. The predicted molar refractivity (Wildman–Crippen MR) is 44.7 cm³/mol. The maximum Gasteiger partial charge on any atom is 0.417 e. The lowest BCUT2D eigenvalue weighted by molar-refractivity contribution is -0.139. The largest absolute Gasteiger partial charge is 0.453 e.